The summed E-state index contributed by atoms with van der Waals surface area (Å²) in [5, 5.41) is 143. The van der Waals surface area contributed by atoms with Crippen LogP contribution in [-0.4, -0.2) is 220 Å². The highest BCUT2D eigenvalue weighted by Crippen LogP contribution is 2.34. The number of hydrogen-bond donors (Lipinski definition) is 14. The third-order valence-corrected chi connectivity index (χ3v) is 17.1. The molecule has 20 atom stereocenters. The Bertz CT molecular complexity index is 1660. The van der Waals surface area contributed by atoms with Gasteiger partial charge < -0.3 is 100 Å². The lowest BCUT2D eigenvalue weighted by molar-refractivity contribution is -0.386. The molecule has 3 rings (SSSR count). The van der Waals surface area contributed by atoms with Crippen molar-refractivity contribution in [3.63, 3.8) is 0 Å². The number of unbranched alkanes of at least 4 members (excludes halogenated alkanes) is 30. The van der Waals surface area contributed by atoms with E-state index in [1.54, 1.807) is 0 Å². The van der Waals surface area contributed by atoms with Gasteiger partial charge in [0.1, 0.15) is 79.4 Å². The molecule has 1 amide bonds. The Kier molecular flexibility index (Phi) is 40.8. The lowest BCUT2D eigenvalue weighted by Gasteiger charge is -2.49. The summed E-state index contributed by atoms with van der Waals surface area (Å²) in [6.07, 6.45) is 2.86. The molecule has 0 bridgehead atoms. The smallest absolute Gasteiger partial charge is 0.257 e. The molecule has 0 aromatic carbocycles. The van der Waals surface area contributed by atoms with Crippen molar-refractivity contribution >= 4 is 11.7 Å². The molecule has 496 valence electrons. The maximum absolute atomic E-state index is 13.6. The van der Waals surface area contributed by atoms with Crippen LogP contribution in [0.5, 0.6) is 0 Å². The molecule has 3 fully saturated rings. The predicted molar refractivity (Wildman–Crippen MR) is 313 cm³/mol. The Hall–Kier alpha value is -1.62. The average Bonchev–Trinajstić information content (AvgIpc) is 3.50. The summed E-state index contributed by atoms with van der Waals surface area (Å²) >= 11 is 0. The number of ether oxygens (including phenoxy) is 6. The highest BCUT2D eigenvalue weighted by molar-refractivity contribution is 6.05. The van der Waals surface area contributed by atoms with Crippen LogP contribution in [0.1, 0.15) is 239 Å². The molecule has 0 aliphatic carbocycles. The fourth-order valence-electron chi connectivity index (χ4n) is 11.5. The normalized spacial score (nSPS) is 30.2. The number of carbonyl (C=O) groups excluding carboxylic acids is 2. The van der Waals surface area contributed by atoms with Crippen LogP contribution < -0.4 is 5.32 Å². The van der Waals surface area contributed by atoms with Crippen LogP contribution in [0.3, 0.4) is 0 Å². The third kappa shape index (κ3) is 27.6. The van der Waals surface area contributed by atoms with Crippen molar-refractivity contribution in [2.24, 2.45) is 0 Å². The monoisotopic (exact) mass is 1210 g/mol. The van der Waals surface area contributed by atoms with E-state index in [0.717, 1.165) is 64.2 Å². The first-order valence-electron chi connectivity index (χ1n) is 32.9. The first kappa shape index (κ1) is 76.6. The zero-order valence-corrected chi connectivity index (χ0v) is 51.3. The first-order chi connectivity index (χ1) is 40.4. The van der Waals surface area contributed by atoms with Gasteiger partial charge in [0, 0.05) is 0 Å². The fourth-order valence-corrected chi connectivity index (χ4v) is 11.5. The zero-order chi connectivity index (χ0) is 61.8. The predicted octanol–water partition coefficient (Wildman–Crippen LogP) is 4.28. The van der Waals surface area contributed by atoms with Gasteiger partial charge in [-0.05, 0) is 19.8 Å². The van der Waals surface area contributed by atoms with E-state index in [2.05, 4.69) is 19.2 Å². The van der Waals surface area contributed by atoms with Gasteiger partial charge in [-0.3, -0.25) is 9.59 Å². The largest absolute Gasteiger partial charge is 0.394 e. The second-order valence-corrected chi connectivity index (χ2v) is 24.3. The van der Waals surface area contributed by atoms with Gasteiger partial charge in [0.05, 0.1) is 38.1 Å². The van der Waals surface area contributed by atoms with Gasteiger partial charge in [-0.15, -0.1) is 0 Å². The van der Waals surface area contributed by atoms with Crippen molar-refractivity contribution < 1.29 is 104 Å². The highest BCUT2D eigenvalue weighted by atomic mass is 16.8. The summed E-state index contributed by atoms with van der Waals surface area (Å²) in [5.74, 6) is -2.49. The van der Waals surface area contributed by atoms with Gasteiger partial charge in [-0.25, -0.2) is 0 Å². The highest BCUT2D eigenvalue weighted by Gasteiger charge is 2.54. The molecular formula is C62H117NO21. The molecule has 14 N–H and O–H groups in total. The third-order valence-electron chi connectivity index (χ3n) is 17.1. The van der Waals surface area contributed by atoms with Gasteiger partial charge >= 0.3 is 0 Å². The molecule has 0 saturated carbocycles. The maximum Gasteiger partial charge on any atom is 0.257 e. The minimum absolute atomic E-state index is 0.00367. The SMILES string of the molecule is CCCCCCCCCCCCCCCCCCCCCC[C@@H](O)C(=O)[C@@H](O)C(=O)N[C@@H](CO[C@@H]1O[C@H](CO)[C@@H](O[C@@H]2O[C@H](CO)[C@H](O)[C@H](O)[C@H]2O)[C@H](O[C@H]2O[C@H](C)[C@H](O)[C@H](O)[C@H]2O)[C@H]1O)[C@H](O)[C@H](O)CCCCCCCCCCCCCC. The van der Waals surface area contributed by atoms with Crippen LogP contribution in [0.4, 0.5) is 0 Å². The molecule has 84 heavy (non-hydrogen) atoms. The average molecular weight is 1210 g/mol. The zero-order valence-electron chi connectivity index (χ0n) is 51.3. The van der Waals surface area contributed by atoms with Gasteiger partial charge in [-0.1, -0.05) is 219 Å². The van der Waals surface area contributed by atoms with Crippen molar-refractivity contribution in [1.82, 2.24) is 5.32 Å². The van der Waals surface area contributed by atoms with Gasteiger partial charge in [0.2, 0.25) is 0 Å². The summed E-state index contributed by atoms with van der Waals surface area (Å²) in [5.41, 5.74) is 0. The molecule has 3 saturated heterocycles. The van der Waals surface area contributed by atoms with E-state index in [9.17, 15) is 76.0 Å². The Balaban J connectivity index is 1.63. The summed E-state index contributed by atoms with van der Waals surface area (Å²) in [7, 11) is 0. The van der Waals surface area contributed by atoms with Crippen molar-refractivity contribution in [3.8, 4) is 0 Å². The fraction of sp³-hybridized carbons (Fsp3) is 0.968. The van der Waals surface area contributed by atoms with E-state index < -0.39 is 154 Å². The van der Waals surface area contributed by atoms with Crippen molar-refractivity contribution in [2.75, 3.05) is 19.8 Å². The van der Waals surface area contributed by atoms with E-state index in [-0.39, 0.29) is 12.8 Å². The number of rotatable bonds is 49. The molecule has 22 heteroatoms. The lowest BCUT2D eigenvalue weighted by Crippen LogP contribution is -2.67. The number of carbonyl (C=O) groups is 2. The van der Waals surface area contributed by atoms with E-state index in [0.29, 0.717) is 12.8 Å². The molecule has 3 heterocycles. The van der Waals surface area contributed by atoms with Crippen molar-refractivity contribution in [1.29, 1.82) is 0 Å². The minimum atomic E-state index is -2.39. The second kappa shape index (κ2) is 44.8. The quantitative estimate of drug-likeness (QED) is 0.0298. The van der Waals surface area contributed by atoms with Crippen LogP contribution in [0.2, 0.25) is 0 Å². The van der Waals surface area contributed by atoms with Gasteiger partial charge in [0.15, 0.2) is 30.8 Å². The van der Waals surface area contributed by atoms with E-state index in [4.69, 9.17) is 28.4 Å². The molecule has 3 aliphatic rings. The number of nitrogens with one attached hydrogen (secondary N) is 1. The number of amides is 1. The molecule has 0 spiro atoms. The second-order valence-electron chi connectivity index (χ2n) is 24.3. The number of ketones is 1. The van der Waals surface area contributed by atoms with Crippen LogP contribution in [0.15, 0.2) is 0 Å². The number of hydrogen-bond acceptors (Lipinski definition) is 21. The Morgan fingerprint density at radius 2 is 0.821 bits per heavy atom. The van der Waals surface area contributed by atoms with Gasteiger partial charge in [-0.2, -0.15) is 0 Å². The molecule has 0 unspecified atom stereocenters. The molecule has 0 radical (unpaired) electrons. The van der Waals surface area contributed by atoms with Crippen LogP contribution in [-0.2, 0) is 38.0 Å². The Morgan fingerprint density at radius 3 is 1.26 bits per heavy atom. The minimum Gasteiger partial charge on any atom is -0.394 e. The number of aliphatic hydroxyl groups excluding tert-OH is 13. The van der Waals surface area contributed by atoms with Crippen LogP contribution in [0.25, 0.3) is 0 Å². The maximum atomic E-state index is 13.6. The number of Topliss-reactive ketones (excluding diaryl/α,β-unsaturated/α-hetero) is 1. The summed E-state index contributed by atoms with van der Waals surface area (Å²) < 4.78 is 34.9. The van der Waals surface area contributed by atoms with E-state index in [1.165, 1.54) is 135 Å². The number of aliphatic hydroxyl groups is 13. The molecule has 3 aliphatic heterocycles. The lowest BCUT2D eigenvalue weighted by atomic mass is 9.96. The first-order valence-corrected chi connectivity index (χ1v) is 32.9. The molecule has 0 aromatic rings. The van der Waals surface area contributed by atoms with E-state index >= 15 is 0 Å². The van der Waals surface area contributed by atoms with Gasteiger partial charge in [0.25, 0.3) is 5.91 Å². The Morgan fingerprint density at radius 1 is 0.440 bits per heavy atom. The standard InChI is InChI=1S/C62H117NO21/c1-4-6-8-10-12-14-16-18-19-20-21-22-23-24-25-27-29-31-33-35-37-44(67)49(70)53(74)59(78)63-42(48(69)43(66)36-34-32-30-28-26-17-15-13-11-9-7-5-2)40-79-60-56(77)58(84-61-54(75)51(72)47(68)41(3)80-61)57(46(39-65)82-60)83-62-55(76)52(73)50(71)45(38-64)81-62/h41-48,50-58,60-62,64-69,71-77H,4-40H2,1-3H3,(H,63,78)/t41-,42+,43-,44-,45-,46-,47+,48+,50+,51+,52+,53-,54-,55-,56-,57-,58-,60-,61-,62+/m1/s1. The molecule has 22 nitrogen and oxygen atoms in total. The van der Waals surface area contributed by atoms with Crippen LogP contribution >= 0.6 is 0 Å². The van der Waals surface area contributed by atoms with Crippen molar-refractivity contribution in [2.45, 2.75) is 362 Å². The summed E-state index contributed by atoms with van der Waals surface area (Å²) in [6.45, 7) is 3.22. The van der Waals surface area contributed by atoms with E-state index in [1.807, 2.05) is 0 Å². The Labute approximate surface area is 501 Å². The molecule has 0 aromatic heterocycles. The van der Waals surface area contributed by atoms with Crippen molar-refractivity contribution in [3.05, 3.63) is 0 Å². The summed E-state index contributed by atoms with van der Waals surface area (Å²) in [4.78, 5) is 26.9. The van der Waals surface area contributed by atoms with Crippen LogP contribution in [0, 0.1) is 0 Å². The molecular weight excluding hydrogens is 1090 g/mol. The topological polar surface area (TPSA) is 365 Å². The summed E-state index contributed by atoms with van der Waals surface area (Å²) in [6, 6.07) is -1.62.